The van der Waals surface area contributed by atoms with Crippen molar-refractivity contribution in [2.45, 2.75) is 32.2 Å². The van der Waals surface area contributed by atoms with E-state index in [0.29, 0.717) is 12.6 Å². The number of aliphatic imine (C=N–C) groups is 1. The van der Waals surface area contributed by atoms with Gasteiger partial charge in [-0.2, -0.15) is 0 Å². The Hall–Kier alpha value is -1.79. The molecule has 1 aromatic carbocycles. The molecule has 1 aromatic rings. The molecule has 1 atom stereocenters. The molecule has 0 radical (unpaired) electrons. The average Bonchev–Trinajstić information content (AvgIpc) is 2.69. The molecule has 1 unspecified atom stereocenters. The Morgan fingerprint density at radius 2 is 1.85 bits per heavy atom. The molecule has 1 heterocycles. The highest BCUT2D eigenvalue weighted by molar-refractivity contribution is 5.79. The molecule has 6 heteroatoms. The van der Waals surface area contributed by atoms with Crippen molar-refractivity contribution < 1.29 is 9.47 Å². The molecule has 0 aliphatic carbocycles. The molecule has 2 rings (SSSR count). The van der Waals surface area contributed by atoms with Crippen molar-refractivity contribution in [2.24, 2.45) is 4.99 Å². The Bertz CT molecular complexity index is 527. The molecule has 6 nitrogen and oxygen atoms in total. The molecule has 0 spiro atoms. The SMILES string of the molecule is CCNC(=NCC(c1ccc(OC)cc1)N1CCCCC1)NCCOC. The summed E-state index contributed by atoms with van der Waals surface area (Å²) in [6, 6.07) is 8.70. The molecule has 0 amide bonds. The second-order valence-electron chi connectivity index (χ2n) is 6.52. The van der Waals surface area contributed by atoms with Crippen LogP contribution in [0.15, 0.2) is 29.3 Å². The smallest absolute Gasteiger partial charge is 0.191 e. The summed E-state index contributed by atoms with van der Waals surface area (Å²) >= 11 is 0. The topological polar surface area (TPSA) is 58.1 Å². The van der Waals surface area contributed by atoms with E-state index in [4.69, 9.17) is 14.5 Å². The van der Waals surface area contributed by atoms with Gasteiger partial charge in [-0.1, -0.05) is 18.6 Å². The fraction of sp³-hybridized carbons (Fsp3) is 0.650. The zero-order valence-corrected chi connectivity index (χ0v) is 16.5. The lowest BCUT2D eigenvalue weighted by atomic mass is 10.0. The van der Waals surface area contributed by atoms with E-state index in [-0.39, 0.29) is 0 Å². The van der Waals surface area contributed by atoms with Gasteiger partial charge < -0.3 is 20.1 Å². The quantitative estimate of drug-likeness (QED) is 0.401. The Morgan fingerprint density at radius 1 is 1.12 bits per heavy atom. The molecule has 26 heavy (non-hydrogen) atoms. The first-order valence-corrected chi connectivity index (χ1v) is 9.67. The van der Waals surface area contributed by atoms with Crippen LogP contribution in [0.2, 0.25) is 0 Å². The predicted molar refractivity (Wildman–Crippen MR) is 107 cm³/mol. The Balaban J connectivity index is 2.11. The highest BCUT2D eigenvalue weighted by atomic mass is 16.5. The Morgan fingerprint density at radius 3 is 2.46 bits per heavy atom. The van der Waals surface area contributed by atoms with Crippen molar-refractivity contribution in [1.82, 2.24) is 15.5 Å². The van der Waals surface area contributed by atoms with Crippen molar-refractivity contribution in [3.05, 3.63) is 29.8 Å². The van der Waals surface area contributed by atoms with Crippen LogP contribution in [0.1, 0.15) is 37.8 Å². The van der Waals surface area contributed by atoms with Crippen molar-refractivity contribution in [2.75, 3.05) is 53.6 Å². The maximum absolute atomic E-state index is 5.31. The van der Waals surface area contributed by atoms with Gasteiger partial charge in [-0.25, -0.2) is 0 Å². The maximum atomic E-state index is 5.31. The Labute approximate surface area is 158 Å². The van der Waals surface area contributed by atoms with Crippen LogP contribution >= 0.6 is 0 Å². The van der Waals surface area contributed by atoms with E-state index in [9.17, 15) is 0 Å². The predicted octanol–water partition coefficient (Wildman–Crippen LogP) is 2.42. The molecular formula is C20H34N4O2. The van der Waals surface area contributed by atoms with Gasteiger partial charge >= 0.3 is 0 Å². The summed E-state index contributed by atoms with van der Waals surface area (Å²) in [7, 11) is 3.41. The molecule has 1 aliphatic heterocycles. The second-order valence-corrected chi connectivity index (χ2v) is 6.52. The van der Waals surface area contributed by atoms with E-state index >= 15 is 0 Å². The van der Waals surface area contributed by atoms with Gasteiger partial charge in [-0.05, 0) is 50.6 Å². The summed E-state index contributed by atoms with van der Waals surface area (Å²) in [5.74, 6) is 1.74. The number of methoxy groups -OCH3 is 2. The normalized spacial score (nSPS) is 17.0. The highest BCUT2D eigenvalue weighted by Crippen LogP contribution is 2.26. The number of hydrogen-bond acceptors (Lipinski definition) is 4. The zero-order valence-electron chi connectivity index (χ0n) is 16.5. The molecule has 1 aliphatic rings. The lowest BCUT2D eigenvalue weighted by molar-refractivity contribution is 0.167. The number of hydrogen-bond donors (Lipinski definition) is 2. The largest absolute Gasteiger partial charge is 0.497 e. The minimum absolute atomic E-state index is 0.291. The first-order valence-electron chi connectivity index (χ1n) is 9.67. The fourth-order valence-electron chi connectivity index (χ4n) is 3.28. The number of piperidine rings is 1. The van der Waals surface area contributed by atoms with Gasteiger partial charge in [0.1, 0.15) is 5.75 Å². The molecule has 0 saturated carbocycles. The number of ether oxygens (including phenoxy) is 2. The third-order valence-corrected chi connectivity index (χ3v) is 4.70. The van der Waals surface area contributed by atoms with Gasteiger partial charge in [0.15, 0.2) is 5.96 Å². The average molecular weight is 363 g/mol. The molecule has 0 aromatic heterocycles. The summed E-state index contributed by atoms with van der Waals surface area (Å²) < 4.78 is 10.4. The van der Waals surface area contributed by atoms with E-state index in [2.05, 4.69) is 34.6 Å². The number of guanidine groups is 1. The van der Waals surface area contributed by atoms with Crippen LogP contribution in [-0.4, -0.2) is 64.4 Å². The van der Waals surface area contributed by atoms with Crippen LogP contribution in [0, 0.1) is 0 Å². The summed E-state index contributed by atoms with van der Waals surface area (Å²) in [5.41, 5.74) is 1.30. The third-order valence-electron chi connectivity index (χ3n) is 4.70. The lowest BCUT2D eigenvalue weighted by Gasteiger charge is -2.34. The fourth-order valence-corrected chi connectivity index (χ4v) is 3.28. The summed E-state index contributed by atoms with van der Waals surface area (Å²) in [4.78, 5) is 7.41. The van der Waals surface area contributed by atoms with Gasteiger partial charge in [0.25, 0.3) is 0 Å². The van der Waals surface area contributed by atoms with Gasteiger partial charge in [0.05, 0.1) is 26.3 Å². The molecule has 0 bridgehead atoms. The van der Waals surface area contributed by atoms with Gasteiger partial charge in [0.2, 0.25) is 0 Å². The van der Waals surface area contributed by atoms with Gasteiger partial charge in [0, 0.05) is 20.2 Å². The second kappa shape index (κ2) is 11.8. The zero-order chi connectivity index (χ0) is 18.6. The minimum Gasteiger partial charge on any atom is -0.497 e. The molecule has 1 fully saturated rings. The first-order chi connectivity index (χ1) is 12.8. The number of benzene rings is 1. The van der Waals surface area contributed by atoms with Crippen LogP contribution in [0.3, 0.4) is 0 Å². The first kappa shape index (κ1) is 20.5. The minimum atomic E-state index is 0.291. The summed E-state index contributed by atoms with van der Waals surface area (Å²) in [5, 5.41) is 6.64. The van der Waals surface area contributed by atoms with Crippen LogP contribution < -0.4 is 15.4 Å². The third kappa shape index (κ3) is 6.50. The van der Waals surface area contributed by atoms with E-state index in [1.807, 2.05) is 12.1 Å². The number of rotatable bonds is 9. The lowest BCUT2D eigenvalue weighted by Crippen LogP contribution is -2.40. The Kier molecular flexibility index (Phi) is 9.28. The van der Waals surface area contributed by atoms with Gasteiger partial charge in [-0.3, -0.25) is 9.89 Å². The van der Waals surface area contributed by atoms with Gasteiger partial charge in [-0.15, -0.1) is 0 Å². The highest BCUT2D eigenvalue weighted by Gasteiger charge is 2.22. The van der Waals surface area contributed by atoms with E-state index in [1.165, 1.54) is 24.8 Å². The standard InChI is InChI=1S/C20H34N4O2/c1-4-21-20(22-12-15-25-2)23-16-19(24-13-6-5-7-14-24)17-8-10-18(26-3)11-9-17/h8-11,19H,4-7,12-16H2,1-3H3,(H2,21,22,23). The van der Waals surface area contributed by atoms with E-state index in [0.717, 1.165) is 44.4 Å². The molecule has 146 valence electrons. The molecule has 2 N–H and O–H groups in total. The molecule has 1 saturated heterocycles. The van der Waals surface area contributed by atoms with E-state index in [1.54, 1.807) is 14.2 Å². The van der Waals surface area contributed by atoms with Crippen LogP contribution in [-0.2, 0) is 4.74 Å². The van der Waals surface area contributed by atoms with E-state index < -0.39 is 0 Å². The van der Waals surface area contributed by atoms with Crippen molar-refractivity contribution >= 4 is 5.96 Å². The van der Waals surface area contributed by atoms with Crippen molar-refractivity contribution in [1.29, 1.82) is 0 Å². The van der Waals surface area contributed by atoms with Crippen LogP contribution in [0.5, 0.6) is 5.75 Å². The van der Waals surface area contributed by atoms with Crippen molar-refractivity contribution in [3.63, 3.8) is 0 Å². The van der Waals surface area contributed by atoms with Crippen LogP contribution in [0.4, 0.5) is 0 Å². The number of nitrogens with zero attached hydrogens (tertiary/aromatic N) is 2. The summed E-state index contributed by atoms with van der Waals surface area (Å²) in [6.07, 6.45) is 3.86. The monoisotopic (exact) mass is 362 g/mol. The number of nitrogens with one attached hydrogen (secondary N) is 2. The summed E-state index contributed by atoms with van der Waals surface area (Å²) in [6.45, 7) is 7.35. The van der Waals surface area contributed by atoms with Crippen molar-refractivity contribution in [3.8, 4) is 5.75 Å². The maximum Gasteiger partial charge on any atom is 0.191 e. The number of likely N-dealkylation sites (tertiary alicyclic amines) is 1. The molecular weight excluding hydrogens is 328 g/mol. The van der Waals surface area contributed by atoms with Crippen LogP contribution in [0.25, 0.3) is 0 Å².